The fourth-order valence-electron chi connectivity index (χ4n) is 1.01. The van der Waals surface area contributed by atoms with Crippen LogP contribution in [0.1, 0.15) is 15.7 Å². The van der Waals surface area contributed by atoms with E-state index in [0.29, 0.717) is 0 Å². The van der Waals surface area contributed by atoms with Crippen molar-refractivity contribution in [2.75, 3.05) is 6.54 Å². The minimum Gasteiger partial charge on any atom is -0.307 e. The highest BCUT2D eigenvalue weighted by Crippen LogP contribution is 2.04. The summed E-state index contributed by atoms with van der Waals surface area (Å²) in [4.78, 5) is 10.7. The third-order valence-electron chi connectivity index (χ3n) is 1.52. The van der Waals surface area contributed by atoms with Crippen LogP contribution >= 0.6 is 0 Å². The Kier molecular flexibility index (Phi) is 1.86. The Morgan fingerprint density at radius 1 is 2.00 bits per heavy atom. The lowest BCUT2D eigenvalue weighted by Crippen LogP contribution is -2.29. The molecule has 0 spiro atoms. The summed E-state index contributed by atoms with van der Waals surface area (Å²) in [6.45, 7) is 0.929. The standard InChI is InChI=1S/C7H9NO.H2.H/c1-2-7(9)6-4-3-5-8-6;;/h1,6,8H,3-5H2;1H;. The predicted molar refractivity (Wildman–Crippen MR) is 38.1 cm³/mol. The second-order valence-electron chi connectivity index (χ2n) is 2.16. The van der Waals surface area contributed by atoms with Gasteiger partial charge in [0, 0.05) is 2.85 Å². The van der Waals surface area contributed by atoms with E-state index in [0.717, 1.165) is 19.4 Å². The Hall–Kier alpha value is -0.810. The first-order valence-corrected chi connectivity index (χ1v) is 3.08. The number of carbonyl (C=O) groups excluding carboxylic acids is 1. The van der Waals surface area contributed by atoms with Gasteiger partial charge in [0.25, 0.3) is 0 Å². The summed E-state index contributed by atoms with van der Waals surface area (Å²) in [7, 11) is 0. The van der Waals surface area contributed by atoms with Crippen LogP contribution in [0.3, 0.4) is 0 Å². The van der Waals surface area contributed by atoms with Gasteiger partial charge in [0.2, 0.25) is 5.78 Å². The Bertz CT molecular complexity index is 158. The van der Waals surface area contributed by atoms with Gasteiger partial charge in [0.05, 0.1) is 6.04 Å². The molecule has 0 aromatic carbocycles. The molecule has 1 saturated heterocycles. The maximum atomic E-state index is 10.7. The van der Waals surface area contributed by atoms with E-state index in [2.05, 4.69) is 11.2 Å². The fourth-order valence-corrected chi connectivity index (χ4v) is 1.01. The van der Waals surface area contributed by atoms with Crippen molar-refractivity contribution < 1.29 is 7.65 Å². The highest BCUT2D eigenvalue weighted by Gasteiger charge is 2.19. The molecular weight excluding hydrogens is 114 g/mol. The Morgan fingerprint density at radius 2 is 2.78 bits per heavy atom. The summed E-state index contributed by atoms with van der Waals surface area (Å²) in [5.74, 6) is 2.00. The maximum Gasteiger partial charge on any atom is 0.222 e. The summed E-state index contributed by atoms with van der Waals surface area (Å²) in [6.07, 6.45) is 6.89. The van der Waals surface area contributed by atoms with Gasteiger partial charge >= 0.3 is 0 Å². The predicted octanol–water partition coefficient (Wildman–Crippen LogP) is 0.299. The quantitative estimate of drug-likeness (QED) is 0.404. The van der Waals surface area contributed by atoms with E-state index in [-0.39, 0.29) is 14.7 Å². The number of terminal acetylenes is 1. The van der Waals surface area contributed by atoms with Crippen LogP contribution in [-0.4, -0.2) is 18.4 Å². The van der Waals surface area contributed by atoms with Crippen molar-refractivity contribution >= 4 is 5.78 Å². The van der Waals surface area contributed by atoms with Crippen LogP contribution < -0.4 is 5.32 Å². The molecule has 2 heteroatoms. The van der Waals surface area contributed by atoms with E-state index >= 15 is 0 Å². The Labute approximate surface area is 57.6 Å². The number of nitrogens with one attached hydrogen (secondary N) is 1. The Morgan fingerprint density at radius 3 is 3.22 bits per heavy atom. The first kappa shape index (κ1) is 6.31. The molecule has 0 aromatic rings. The molecule has 9 heavy (non-hydrogen) atoms. The van der Waals surface area contributed by atoms with E-state index < -0.39 is 0 Å². The lowest BCUT2D eigenvalue weighted by molar-refractivity contribution is -0.115. The zero-order valence-corrected chi connectivity index (χ0v) is 5.18. The maximum absolute atomic E-state index is 10.7. The minimum atomic E-state index is -0.104. The number of hydrogen-bond donors (Lipinski definition) is 1. The molecule has 0 aliphatic carbocycles. The molecule has 1 aliphatic heterocycles. The van der Waals surface area contributed by atoms with E-state index in [1.807, 2.05) is 0 Å². The molecule has 0 amide bonds. The molecule has 1 unspecified atom stereocenters. The molecule has 1 aliphatic rings. The summed E-state index contributed by atoms with van der Waals surface area (Å²) in [5.41, 5.74) is 0. The largest absolute Gasteiger partial charge is 0.307 e. The third kappa shape index (κ3) is 1.30. The van der Waals surface area contributed by atoms with Crippen molar-refractivity contribution in [1.82, 2.24) is 5.32 Å². The van der Waals surface area contributed by atoms with Crippen molar-refractivity contribution in [3.8, 4) is 12.3 Å². The summed E-state index contributed by atoms with van der Waals surface area (Å²) in [6, 6.07) is -0.0463. The second kappa shape index (κ2) is 2.65. The third-order valence-corrected chi connectivity index (χ3v) is 1.52. The van der Waals surface area contributed by atoms with Crippen molar-refractivity contribution in [3.05, 3.63) is 0 Å². The SMILES string of the molecule is C#CC(=O)C1CCCN1.[HH].[H]. The number of rotatable bonds is 1. The monoisotopic (exact) mass is 126 g/mol. The van der Waals surface area contributed by atoms with Gasteiger partial charge in [-0.25, -0.2) is 0 Å². The Balaban J connectivity index is 0. The van der Waals surface area contributed by atoms with Crippen molar-refractivity contribution in [1.29, 1.82) is 0 Å². The average Bonchev–Trinajstić information content (AvgIpc) is 2.37. The molecule has 1 radical (unpaired) electrons. The first-order chi connectivity index (χ1) is 4.34. The van der Waals surface area contributed by atoms with Gasteiger partial charge < -0.3 is 5.32 Å². The number of hydrogen-bond acceptors (Lipinski definition) is 2. The average molecular weight is 126 g/mol. The first-order valence-electron chi connectivity index (χ1n) is 3.08. The van der Waals surface area contributed by atoms with E-state index in [9.17, 15) is 4.79 Å². The van der Waals surface area contributed by atoms with Crippen LogP contribution in [0.15, 0.2) is 0 Å². The van der Waals surface area contributed by atoms with Gasteiger partial charge in [-0.2, -0.15) is 0 Å². The number of carbonyl (C=O) groups is 1. The zero-order valence-electron chi connectivity index (χ0n) is 6.18. The van der Waals surface area contributed by atoms with Gasteiger partial charge in [-0.3, -0.25) is 4.79 Å². The normalized spacial score (nSPS) is 25.4. The van der Waals surface area contributed by atoms with Crippen LogP contribution in [0.5, 0.6) is 0 Å². The lowest BCUT2D eigenvalue weighted by atomic mass is 10.1. The van der Waals surface area contributed by atoms with Crippen LogP contribution in [0.2, 0.25) is 0 Å². The fraction of sp³-hybridized carbons (Fsp3) is 0.571. The molecule has 1 atom stereocenters. The summed E-state index contributed by atoms with van der Waals surface area (Å²) >= 11 is 0. The van der Waals surface area contributed by atoms with Gasteiger partial charge in [0.15, 0.2) is 0 Å². The van der Waals surface area contributed by atoms with Gasteiger partial charge in [-0.05, 0) is 25.3 Å². The van der Waals surface area contributed by atoms with Crippen LogP contribution in [0.25, 0.3) is 0 Å². The van der Waals surface area contributed by atoms with Gasteiger partial charge in [0.1, 0.15) is 0 Å². The zero-order chi connectivity index (χ0) is 6.69. The molecular formula is C7H12NO. The molecule has 0 bridgehead atoms. The minimum absolute atomic E-state index is 0. The highest BCUT2D eigenvalue weighted by molar-refractivity contribution is 5.99. The van der Waals surface area contributed by atoms with E-state index in [1.165, 1.54) is 0 Å². The topological polar surface area (TPSA) is 29.1 Å². The van der Waals surface area contributed by atoms with Crippen LogP contribution in [0.4, 0.5) is 0 Å². The van der Waals surface area contributed by atoms with E-state index in [1.54, 1.807) is 0 Å². The lowest BCUT2D eigenvalue weighted by Gasteiger charge is -2.00. The molecule has 0 aromatic heterocycles. The summed E-state index contributed by atoms with van der Waals surface area (Å²) < 4.78 is 0. The smallest absolute Gasteiger partial charge is 0.222 e. The highest BCUT2D eigenvalue weighted by atomic mass is 16.1. The van der Waals surface area contributed by atoms with Crippen molar-refractivity contribution in [2.24, 2.45) is 0 Å². The van der Waals surface area contributed by atoms with Gasteiger partial charge in [-0.15, -0.1) is 6.42 Å². The molecule has 1 heterocycles. The molecule has 1 rings (SSSR count). The van der Waals surface area contributed by atoms with E-state index in [4.69, 9.17) is 6.42 Å². The molecule has 2 nitrogen and oxygen atoms in total. The molecule has 51 valence electrons. The second-order valence-corrected chi connectivity index (χ2v) is 2.16. The molecule has 1 N–H and O–H groups in total. The van der Waals surface area contributed by atoms with Crippen molar-refractivity contribution in [3.63, 3.8) is 0 Å². The molecule has 1 fully saturated rings. The van der Waals surface area contributed by atoms with Gasteiger partial charge in [-0.1, -0.05) is 0 Å². The summed E-state index contributed by atoms with van der Waals surface area (Å²) in [5, 5.41) is 3.02. The number of ketones is 1. The van der Waals surface area contributed by atoms with Crippen LogP contribution in [0, 0.1) is 12.3 Å². The number of Topliss-reactive ketones (excluding diaryl/α,β-unsaturated/α-hetero) is 1. The van der Waals surface area contributed by atoms with Crippen LogP contribution in [-0.2, 0) is 4.79 Å². The molecule has 0 saturated carbocycles. The van der Waals surface area contributed by atoms with Crippen molar-refractivity contribution in [2.45, 2.75) is 18.9 Å².